The summed E-state index contributed by atoms with van der Waals surface area (Å²) in [4.78, 5) is 45.8. The van der Waals surface area contributed by atoms with Crippen LogP contribution in [-0.2, 0) is 9.13 Å². The van der Waals surface area contributed by atoms with Crippen LogP contribution in [0, 0.1) is 0 Å². The van der Waals surface area contributed by atoms with E-state index in [1.54, 1.807) is 0 Å². The molecule has 0 unspecified atom stereocenters. The van der Waals surface area contributed by atoms with Crippen molar-refractivity contribution >= 4 is 53.4 Å². The summed E-state index contributed by atoms with van der Waals surface area (Å²) in [6, 6.07) is 0. The third-order valence-corrected chi connectivity index (χ3v) is 0. The molecule has 0 rings (SSSR count). The maximum absolute atomic E-state index is 8.88. The van der Waals surface area contributed by atoms with Crippen molar-refractivity contribution in [2.24, 2.45) is 0 Å². The smallest absolute Gasteiger partial charge is 0.790 e. The van der Waals surface area contributed by atoms with Crippen LogP contribution in [0.15, 0.2) is 0 Å². The molecule has 0 aromatic carbocycles. The second-order valence-electron chi connectivity index (χ2n) is 0.982. The Balaban J connectivity index is -0.0000000267. The molecular formula is H8CaO10P2. The van der Waals surface area contributed by atoms with Crippen molar-refractivity contribution in [1.29, 1.82) is 0 Å². The van der Waals surface area contributed by atoms with E-state index >= 15 is 0 Å². The minimum Gasteiger partial charge on any atom is -0.790 e. The second-order valence-corrected chi connectivity index (χ2v) is 2.95. The van der Waals surface area contributed by atoms with Gasteiger partial charge in [-0.15, -0.1) is 0 Å². The average molecular weight is 270 g/mol. The van der Waals surface area contributed by atoms with Gasteiger partial charge in [-0.2, -0.15) is 0 Å². The topological polar surface area (TPSA) is 224 Å². The fourth-order valence-corrected chi connectivity index (χ4v) is 0. The molecule has 0 heterocycles. The third kappa shape index (κ3) is 889. The zero-order valence-corrected chi connectivity index (χ0v) is 10.0. The maximum Gasteiger partial charge on any atom is 2.00 e. The predicted octanol–water partition coefficient (Wildman–Crippen LogP) is -5.15. The summed E-state index contributed by atoms with van der Waals surface area (Å²) in [5, 5.41) is 0. The molecule has 0 saturated carbocycles. The van der Waals surface area contributed by atoms with E-state index in [1.807, 2.05) is 0 Å². The molecular weight excluding hydrogens is 262 g/mol. The molecule has 13 heteroatoms. The molecule has 80 valence electrons. The van der Waals surface area contributed by atoms with Gasteiger partial charge in [0.15, 0.2) is 0 Å². The quantitative estimate of drug-likeness (QED) is 0.245. The van der Waals surface area contributed by atoms with Gasteiger partial charge in [-0.3, -0.25) is 0 Å². The van der Waals surface area contributed by atoms with E-state index in [2.05, 4.69) is 0 Å². The summed E-state index contributed by atoms with van der Waals surface area (Å²) in [5.41, 5.74) is 0. The first-order valence-corrected chi connectivity index (χ1v) is 4.59. The Bertz CT molecular complexity index is 125. The van der Waals surface area contributed by atoms with E-state index in [4.69, 9.17) is 38.5 Å². The van der Waals surface area contributed by atoms with Crippen molar-refractivity contribution in [2.45, 2.75) is 0 Å². The van der Waals surface area contributed by atoms with Gasteiger partial charge in [-0.05, 0) is 0 Å². The summed E-state index contributed by atoms with van der Waals surface area (Å²) in [6.45, 7) is 0. The van der Waals surface area contributed by atoms with E-state index in [9.17, 15) is 0 Å². The molecule has 0 atom stereocenters. The Morgan fingerprint density at radius 1 is 0.846 bits per heavy atom. The van der Waals surface area contributed by atoms with Gasteiger partial charge in [0.05, 0.1) is 7.82 Å². The van der Waals surface area contributed by atoms with E-state index < -0.39 is 15.6 Å². The zero-order valence-electron chi connectivity index (χ0n) is 6.02. The van der Waals surface area contributed by atoms with Crippen molar-refractivity contribution in [1.82, 2.24) is 0 Å². The Kier molecular flexibility index (Phi) is 25.8. The molecule has 0 aromatic rings. The normalized spacial score (nSPS) is 9.08. The molecule has 0 radical (unpaired) electrons. The van der Waals surface area contributed by atoms with Crippen LogP contribution in [-0.4, -0.2) is 68.3 Å². The van der Waals surface area contributed by atoms with Gasteiger partial charge in [0.25, 0.3) is 0 Å². The fraction of sp³-hybridized carbons (Fsp3) is 0. The Morgan fingerprint density at radius 3 is 0.846 bits per heavy atom. The van der Waals surface area contributed by atoms with E-state index in [0.29, 0.717) is 0 Å². The predicted molar refractivity (Wildman–Crippen MR) is 37.1 cm³/mol. The molecule has 0 spiro atoms. The molecule has 13 heavy (non-hydrogen) atoms. The number of hydrogen-bond donors (Lipinski definition) is 4. The van der Waals surface area contributed by atoms with Crippen LogP contribution >= 0.6 is 15.6 Å². The van der Waals surface area contributed by atoms with Crippen molar-refractivity contribution in [3.8, 4) is 0 Å². The van der Waals surface area contributed by atoms with Crippen LogP contribution in [0.25, 0.3) is 0 Å². The first kappa shape index (κ1) is 29.3. The third-order valence-electron chi connectivity index (χ3n) is 0. The van der Waals surface area contributed by atoms with E-state index in [1.165, 1.54) is 0 Å². The largest absolute Gasteiger partial charge is 2.00 e. The standard InChI is InChI=1S/Ca.2H3O4P.2H2O/c;2*1-5(2,3)4;;/h;2*(H3,1,2,3,4);2*1H2/q+2;;;;/p-2. The number of rotatable bonds is 0. The van der Waals surface area contributed by atoms with E-state index in [0.717, 1.165) is 0 Å². The Labute approximate surface area is 102 Å². The van der Waals surface area contributed by atoms with Crippen molar-refractivity contribution in [3.05, 3.63) is 0 Å². The molecule has 0 amide bonds. The van der Waals surface area contributed by atoms with Crippen molar-refractivity contribution in [2.75, 3.05) is 0 Å². The van der Waals surface area contributed by atoms with Crippen LogP contribution in [0.1, 0.15) is 0 Å². The Hall–Kier alpha value is 1.40. The summed E-state index contributed by atoms with van der Waals surface area (Å²) >= 11 is 0. The molecule has 0 aliphatic heterocycles. The Morgan fingerprint density at radius 2 is 0.846 bits per heavy atom. The zero-order chi connectivity index (χ0) is 9.00. The maximum atomic E-state index is 8.88. The van der Waals surface area contributed by atoms with Crippen LogP contribution in [0.2, 0.25) is 0 Å². The van der Waals surface area contributed by atoms with Crippen LogP contribution in [0.3, 0.4) is 0 Å². The molecule has 10 nitrogen and oxygen atoms in total. The SMILES string of the molecule is O.O.O=P(O)(O)O.O=P([O-])([O-])O.[Ca+2]. The molecule has 0 aliphatic rings. The molecule has 0 aromatic heterocycles. The molecule has 8 N–H and O–H groups in total. The van der Waals surface area contributed by atoms with Crippen LogP contribution in [0.5, 0.6) is 0 Å². The molecule has 0 aliphatic carbocycles. The van der Waals surface area contributed by atoms with Gasteiger partial charge >= 0.3 is 45.6 Å². The van der Waals surface area contributed by atoms with Crippen LogP contribution in [0.4, 0.5) is 0 Å². The molecule has 0 bridgehead atoms. The average Bonchev–Trinajstić information content (AvgIpc) is 1.12. The van der Waals surface area contributed by atoms with Gasteiger partial charge in [-0.25, -0.2) is 4.57 Å². The van der Waals surface area contributed by atoms with E-state index in [-0.39, 0.29) is 48.7 Å². The first-order valence-electron chi connectivity index (χ1n) is 1.53. The number of phosphoric acid groups is 2. The number of hydrogen-bond acceptors (Lipinski definition) is 4. The van der Waals surface area contributed by atoms with Gasteiger partial charge in [0, 0.05) is 0 Å². The molecule has 0 saturated heterocycles. The monoisotopic (exact) mass is 270 g/mol. The van der Waals surface area contributed by atoms with Crippen molar-refractivity contribution in [3.63, 3.8) is 0 Å². The first-order chi connectivity index (χ1) is 4.00. The fourth-order valence-electron chi connectivity index (χ4n) is 0. The summed E-state index contributed by atoms with van der Waals surface area (Å²) in [6.07, 6.45) is 0. The van der Waals surface area contributed by atoms with Gasteiger partial charge in [-0.1, -0.05) is 0 Å². The summed E-state index contributed by atoms with van der Waals surface area (Å²) in [5.74, 6) is 0. The summed E-state index contributed by atoms with van der Waals surface area (Å²) in [7, 11) is -9.78. The van der Waals surface area contributed by atoms with Gasteiger partial charge < -0.3 is 44.9 Å². The summed E-state index contributed by atoms with van der Waals surface area (Å²) < 4.78 is 17.5. The van der Waals surface area contributed by atoms with Gasteiger partial charge in [0.1, 0.15) is 0 Å². The van der Waals surface area contributed by atoms with Gasteiger partial charge in [0.2, 0.25) is 0 Å². The molecule has 0 fully saturated rings. The minimum atomic E-state index is -5.14. The van der Waals surface area contributed by atoms with Crippen molar-refractivity contribution < 1.29 is 49.4 Å². The minimum absolute atomic E-state index is 0. The van der Waals surface area contributed by atoms with Crippen LogP contribution < -0.4 is 9.79 Å². The second kappa shape index (κ2) is 11.5.